The number of nitrogens with one attached hydrogen (secondary N) is 1. The van der Waals surface area contributed by atoms with Crippen molar-refractivity contribution < 1.29 is 25.2 Å². The molecule has 0 aromatic heterocycles. The van der Waals surface area contributed by atoms with Crippen LogP contribution in [0.1, 0.15) is 67.5 Å². The molecule has 2 rings (SSSR count). The molecule has 7 heteroatoms. The van der Waals surface area contributed by atoms with Crippen LogP contribution in [0, 0.1) is 6.92 Å². The molecule has 5 N–H and O–H groups in total. The maximum atomic E-state index is 10.5. The average Bonchev–Trinajstić information content (AvgIpc) is 2.86. The third-order valence-corrected chi connectivity index (χ3v) is 7.42. The molecule has 0 saturated carbocycles. The molecule has 0 bridgehead atoms. The number of rotatable bonds is 16. The van der Waals surface area contributed by atoms with E-state index in [1.165, 1.54) is 22.9 Å². The van der Waals surface area contributed by atoms with E-state index in [0.29, 0.717) is 0 Å². The topological polar surface area (TPSA) is 102 Å². The Hall–Kier alpha value is -1.45. The summed E-state index contributed by atoms with van der Waals surface area (Å²) >= 11 is 1.37. The Morgan fingerprint density at radius 2 is 1.67 bits per heavy atom. The highest BCUT2D eigenvalue weighted by Crippen LogP contribution is 2.30. The molecule has 0 aliphatic rings. The van der Waals surface area contributed by atoms with Gasteiger partial charge in [-0.2, -0.15) is 0 Å². The van der Waals surface area contributed by atoms with E-state index in [1.54, 1.807) is 6.92 Å². The summed E-state index contributed by atoms with van der Waals surface area (Å²) in [7, 11) is 0. The second-order valence-corrected chi connectivity index (χ2v) is 11.2. The number of thioether (sulfide) groups is 1. The van der Waals surface area contributed by atoms with Crippen LogP contribution in [-0.2, 0) is 17.6 Å². The maximum absolute atomic E-state index is 10.5. The second kappa shape index (κ2) is 15.1. The van der Waals surface area contributed by atoms with Crippen LogP contribution in [0.4, 0.5) is 0 Å². The molecule has 4 atom stereocenters. The normalized spacial score (nSPS) is 15.5. The molecule has 202 valence electrons. The first-order valence-electron chi connectivity index (χ1n) is 12.8. The lowest BCUT2D eigenvalue weighted by Gasteiger charge is -2.29. The highest BCUT2D eigenvalue weighted by molar-refractivity contribution is 7.99. The highest BCUT2D eigenvalue weighted by Gasteiger charge is 2.27. The first-order valence-corrected chi connectivity index (χ1v) is 14.1. The molecular formula is C29H45NO5S. The van der Waals surface area contributed by atoms with Crippen LogP contribution >= 0.6 is 11.8 Å². The van der Waals surface area contributed by atoms with Crippen molar-refractivity contribution >= 4 is 11.8 Å². The first kappa shape index (κ1) is 30.8. The molecule has 0 fully saturated rings. The molecule has 0 saturated heterocycles. The zero-order valence-corrected chi connectivity index (χ0v) is 23.2. The molecule has 0 unspecified atom stereocenters. The fraction of sp³-hybridized carbons (Fsp3) is 0.586. The van der Waals surface area contributed by atoms with Crippen LogP contribution in [0.5, 0.6) is 0 Å². The minimum absolute atomic E-state index is 0.132. The summed E-state index contributed by atoms with van der Waals surface area (Å²) in [5.74, 6) is 0. The standard InChI is InChI=1S/C29H45NO5S/c1-20-9-14-24(27(26(34)18-31)35-28(36-5)21(2)33)17-25(20)16-23-12-10-22(11-13-23)8-6-7-15-30-29(3,4)19-32/h9-14,17,21,26-28,30-34H,6-8,15-16,18-19H2,1-5H3/t21-,26+,27-,28+/m0/s1. The third-order valence-electron chi connectivity index (χ3n) is 6.45. The predicted molar refractivity (Wildman–Crippen MR) is 148 cm³/mol. The summed E-state index contributed by atoms with van der Waals surface area (Å²) in [6.07, 6.45) is 3.25. The Balaban J connectivity index is 2.04. The van der Waals surface area contributed by atoms with E-state index in [0.717, 1.165) is 48.9 Å². The van der Waals surface area contributed by atoms with Gasteiger partial charge in [-0.25, -0.2) is 0 Å². The monoisotopic (exact) mass is 519 g/mol. The van der Waals surface area contributed by atoms with Crippen molar-refractivity contribution in [1.82, 2.24) is 5.32 Å². The van der Waals surface area contributed by atoms with Crippen LogP contribution in [0.15, 0.2) is 42.5 Å². The van der Waals surface area contributed by atoms with Crippen LogP contribution in [0.2, 0.25) is 0 Å². The molecule has 2 aromatic rings. The Kier molecular flexibility index (Phi) is 12.9. The lowest BCUT2D eigenvalue weighted by Crippen LogP contribution is -2.43. The number of hydrogen-bond donors (Lipinski definition) is 5. The van der Waals surface area contributed by atoms with Gasteiger partial charge in [0.15, 0.2) is 0 Å². The molecule has 0 radical (unpaired) electrons. The Bertz CT molecular complexity index is 903. The van der Waals surface area contributed by atoms with Gasteiger partial charge in [0, 0.05) is 5.54 Å². The Morgan fingerprint density at radius 3 is 2.25 bits per heavy atom. The van der Waals surface area contributed by atoms with Gasteiger partial charge in [0.1, 0.15) is 17.6 Å². The summed E-state index contributed by atoms with van der Waals surface area (Å²) in [5.41, 5.74) is 4.84. The van der Waals surface area contributed by atoms with Crippen LogP contribution < -0.4 is 5.32 Å². The van der Waals surface area contributed by atoms with E-state index < -0.39 is 30.4 Å². The van der Waals surface area contributed by atoms with Crippen LogP contribution in [-0.4, -0.2) is 69.6 Å². The number of benzene rings is 2. The fourth-order valence-electron chi connectivity index (χ4n) is 4.04. The summed E-state index contributed by atoms with van der Waals surface area (Å²) in [6, 6.07) is 14.7. The quantitative estimate of drug-likeness (QED) is 0.170. The minimum atomic E-state index is -1.09. The number of hydrogen-bond acceptors (Lipinski definition) is 7. The largest absolute Gasteiger partial charge is 0.394 e. The van der Waals surface area contributed by atoms with Crippen LogP contribution in [0.3, 0.4) is 0 Å². The third kappa shape index (κ3) is 9.78. The van der Waals surface area contributed by atoms with Crippen molar-refractivity contribution in [3.05, 3.63) is 70.3 Å². The van der Waals surface area contributed by atoms with Gasteiger partial charge >= 0.3 is 0 Å². The van der Waals surface area contributed by atoms with E-state index in [9.17, 15) is 20.4 Å². The summed E-state index contributed by atoms with van der Waals surface area (Å²) < 4.78 is 6.03. The lowest BCUT2D eigenvalue weighted by molar-refractivity contribution is -0.0927. The van der Waals surface area contributed by atoms with Gasteiger partial charge in [-0.05, 0) is 94.0 Å². The van der Waals surface area contributed by atoms with Gasteiger partial charge in [0.25, 0.3) is 0 Å². The summed E-state index contributed by atoms with van der Waals surface area (Å²) in [6.45, 7) is 8.33. The van der Waals surface area contributed by atoms with Crippen molar-refractivity contribution in [1.29, 1.82) is 0 Å². The van der Waals surface area contributed by atoms with Crippen LogP contribution in [0.25, 0.3) is 0 Å². The highest BCUT2D eigenvalue weighted by atomic mass is 32.2. The minimum Gasteiger partial charge on any atom is -0.394 e. The zero-order valence-electron chi connectivity index (χ0n) is 22.4. The van der Waals surface area contributed by atoms with Crippen molar-refractivity contribution in [2.45, 2.75) is 82.7 Å². The number of aliphatic hydroxyl groups is 4. The molecular weight excluding hydrogens is 474 g/mol. The molecule has 0 aliphatic carbocycles. The number of aryl methyl sites for hydroxylation is 2. The van der Waals surface area contributed by atoms with Crippen molar-refractivity contribution in [2.24, 2.45) is 0 Å². The Labute approximate surface area is 221 Å². The SMILES string of the molecule is CS[C@@H](O[C@@H](c1ccc(C)c(Cc2ccc(CCCCNC(C)(C)CO)cc2)c1)[C@H](O)CO)[C@H](C)O. The zero-order chi connectivity index (χ0) is 26.7. The van der Waals surface area contributed by atoms with Gasteiger partial charge in [-0.1, -0.05) is 42.5 Å². The fourth-order valence-corrected chi connectivity index (χ4v) is 4.66. The van der Waals surface area contributed by atoms with Gasteiger partial charge in [0.05, 0.1) is 19.3 Å². The second-order valence-electron chi connectivity index (χ2n) is 10.3. The van der Waals surface area contributed by atoms with Gasteiger partial charge in [0.2, 0.25) is 0 Å². The number of aliphatic hydroxyl groups excluding tert-OH is 4. The number of ether oxygens (including phenoxy) is 1. The van der Waals surface area contributed by atoms with Gasteiger partial charge in [-0.3, -0.25) is 0 Å². The van der Waals surface area contributed by atoms with Crippen molar-refractivity contribution in [3.63, 3.8) is 0 Å². The lowest BCUT2D eigenvalue weighted by atomic mass is 9.94. The van der Waals surface area contributed by atoms with Crippen molar-refractivity contribution in [2.75, 3.05) is 26.0 Å². The van der Waals surface area contributed by atoms with E-state index in [4.69, 9.17) is 4.74 Å². The predicted octanol–water partition coefficient (Wildman–Crippen LogP) is 3.75. The molecule has 0 spiro atoms. The Morgan fingerprint density at radius 1 is 1.00 bits per heavy atom. The van der Waals surface area contributed by atoms with Gasteiger partial charge in [-0.15, -0.1) is 11.8 Å². The molecule has 0 heterocycles. The molecule has 2 aromatic carbocycles. The molecule has 0 aliphatic heterocycles. The summed E-state index contributed by atoms with van der Waals surface area (Å²) in [4.78, 5) is 0. The van der Waals surface area contributed by atoms with E-state index in [2.05, 4.69) is 36.5 Å². The molecule has 36 heavy (non-hydrogen) atoms. The smallest absolute Gasteiger partial charge is 0.129 e. The molecule has 0 amide bonds. The molecule has 6 nitrogen and oxygen atoms in total. The summed E-state index contributed by atoms with van der Waals surface area (Å²) in [5, 5.41) is 42.8. The van der Waals surface area contributed by atoms with E-state index in [-0.39, 0.29) is 12.1 Å². The first-order chi connectivity index (χ1) is 17.1. The maximum Gasteiger partial charge on any atom is 0.129 e. The van der Waals surface area contributed by atoms with E-state index in [1.807, 2.05) is 38.3 Å². The van der Waals surface area contributed by atoms with E-state index >= 15 is 0 Å². The number of unbranched alkanes of at least 4 members (excludes halogenated alkanes) is 1. The average molecular weight is 520 g/mol. The van der Waals surface area contributed by atoms with Gasteiger partial charge < -0.3 is 30.5 Å². The van der Waals surface area contributed by atoms with Crippen molar-refractivity contribution in [3.8, 4) is 0 Å².